The summed E-state index contributed by atoms with van der Waals surface area (Å²) >= 11 is 0. The first-order chi connectivity index (χ1) is 11.7. The van der Waals surface area contributed by atoms with Crippen LogP contribution in [0.5, 0.6) is 5.75 Å². The van der Waals surface area contributed by atoms with E-state index in [2.05, 4.69) is 5.32 Å². The molecule has 0 unspecified atom stereocenters. The first-order valence-corrected chi connectivity index (χ1v) is 7.19. The van der Waals surface area contributed by atoms with Crippen molar-refractivity contribution in [2.75, 3.05) is 5.32 Å². The van der Waals surface area contributed by atoms with Crippen LogP contribution in [-0.4, -0.2) is 22.1 Å². The van der Waals surface area contributed by atoms with Crippen LogP contribution in [0, 0.1) is 0 Å². The average molecular weight is 353 g/mol. The first-order valence-electron chi connectivity index (χ1n) is 7.19. The minimum Gasteiger partial charge on any atom is -0.507 e. The van der Waals surface area contributed by atoms with Gasteiger partial charge in [-0.05, 0) is 36.2 Å². The van der Waals surface area contributed by atoms with Crippen LogP contribution in [0.2, 0.25) is 0 Å². The molecule has 5 nitrogen and oxygen atoms in total. The number of benzene rings is 2. The number of carboxylic acid groups (broad SMARTS) is 1. The summed E-state index contributed by atoms with van der Waals surface area (Å²) in [5.41, 5.74) is -0.614. The van der Waals surface area contributed by atoms with E-state index < -0.39 is 29.4 Å². The van der Waals surface area contributed by atoms with Gasteiger partial charge in [-0.3, -0.25) is 4.79 Å². The molecule has 0 spiro atoms. The number of anilines is 1. The smallest absolute Gasteiger partial charge is 0.416 e. The molecule has 2 rings (SSSR count). The maximum Gasteiger partial charge on any atom is 0.416 e. The number of nitrogens with one attached hydrogen (secondary N) is 1. The number of alkyl halides is 3. The fraction of sp³-hybridized carbons (Fsp3) is 0.176. The second kappa shape index (κ2) is 7.25. The molecule has 132 valence electrons. The SMILES string of the molecule is O=C(CCc1cccc(C(F)(F)F)c1)Nc1ccc(O)c(C(=O)O)c1. The van der Waals surface area contributed by atoms with E-state index in [1.54, 1.807) is 0 Å². The van der Waals surface area contributed by atoms with Crippen LogP contribution in [0.4, 0.5) is 18.9 Å². The molecule has 0 aliphatic heterocycles. The number of carbonyl (C=O) groups is 2. The third-order valence-electron chi connectivity index (χ3n) is 3.41. The van der Waals surface area contributed by atoms with Crippen molar-refractivity contribution in [1.29, 1.82) is 0 Å². The van der Waals surface area contributed by atoms with Crippen LogP contribution < -0.4 is 5.32 Å². The van der Waals surface area contributed by atoms with Crippen LogP contribution >= 0.6 is 0 Å². The summed E-state index contributed by atoms with van der Waals surface area (Å²) in [6.45, 7) is 0. The highest BCUT2D eigenvalue weighted by Crippen LogP contribution is 2.29. The molecule has 2 aromatic carbocycles. The van der Waals surface area contributed by atoms with Crippen LogP contribution in [-0.2, 0) is 17.4 Å². The molecule has 0 aliphatic carbocycles. The highest BCUT2D eigenvalue weighted by atomic mass is 19.4. The number of carbonyl (C=O) groups excluding carboxylic acids is 1. The quantitative estimate of drug-likeness (QED) is 0.716. The largest absolute Gasteiger partial charge is 0.507 e. The third-order valence-corrected chi connectivity index (χ3v) is 3.41. The third kappa shape index (κ3) is 4.97. The summed E-state index contributed by atoms with van der Waals surface area (Å²) in [6, 6.07) is 8.25. The molecule has 25 heavy (non-hydrogen) atoms. The Bertz CT molecular complexity index is 803. The predicted molar refractivity (Wildman–Crippen MR) is 83.5 cm³/mol. The van der Waals surface area contributed by atoms with Gasteiger partial charge in [-0.1, -0.05) is 18.2 Å². The Balaban J connectivity index is 2.00. The van der Waals surface area contributed by atoms with Crippen molar-refractivity contribution in [2.45, 2.75) is 19.0 Å². The summed E-state index contributed by atoms with van der Waals surface area (Å²) in [5, 5.41) is 20.7. The van der Waals surface area contributed by atoms with Gasteiger partial charge in [0.25, 0.3) is 0 Å². The molecule has 0 heterocycles. The Morgan fingerprint density at radius 2 is 1.80 bits per heavy atom. The van der Waals surface area contributed by atoms with Crippen molar-refractivity contribution < 1.29 is 33.0 Å². The highest BCUT2D eigenvalue weighted by molar-refractivity contribution is 5.95. The normalized spacial score (nSPS) is 11.2. The molecule has 0 aliphatic rings. The zero-order valence-corrected chi connectivity index (χ0v) is 12.8. The van der Waals surface area contributed by atoms with Gasteiger partial charge in [0.05, 0.1) is 5.56 Å². The van der Waals surface area contributed by atoms with Crippen LogP contribution in [0.3, 0.4) is 0 Å². The number of hydrogen-bond donors (Lipinski definition) is 3. The number of aromatic carboxylic acids is 1. The maximum atomic E-state index is 12.6. The Hall–Kier alpha value is -3.03. The molecular weight excluding hydrogens is 339 g/mol. The molecule has 0 atom stereocenters. The Morgan fingerprint density at radius 3 is 2.44 bits per heavy atom. The van der Waals surface area contributed by atoms with Gasteiger partial charge >= 0.3 is 12.1 Å². The minimum absolute atomic E-state index is 0.0788. The molecule has 8 heteroatoms. The molecule has 2 aromatic rings. The van der Waals surface area contributed by atoms with Crippen molar-refractivity contribution in [2.24, 2.45) is 0 Å². The second-order valence-corrected chi connectivity index (χ2v) is 5.28. The highest BCUT2D eigenvalue weighted by Gasteiger charge is 2.30. The van der Waals surface area contributed by atoms with Gasteiger partial charge in [0.1, 0.15) is 11.3 Å². The number of rotatable bonds is 5. The van der Waals surface area contributed by atoms with Gasteiger partial charge in [-0.15, -0.1) is 0 Å². The molecule has 0 saturated heterocycles. The fourth-order valence-corrected chi connectivity index (χ4v) is 2.17. The number of aromatic hydroxyl groups is 1. The van der Waals surface area contributed by atoms with Crippen molar-refractivity contribution in [3.05, 3.63) is 59.2 Å². The van der Waals surface area contributed by atoms with Crippen LogP contribution in [0.15, 0.2) is 42.5 Å². The Labute approximate surface area is 140 Å². The summed E-state index contributed by atoms with van der Waals surface area (Å²) in [5.74, 6) is -2.27. The molecule has 0 bridgehead atoms. The van der Waals surface area contributed by atoms with E-state index in [0.717, 1.165) is 24.3 Å². The monoisotopic (exact) mass is 353 g/mol. The minimum atomic E-state index is -4.45. The number of halogens is 3. The van der Waals surface area contributed by atoms with E-state index in [1.807, 2.05) is 0 Å². The molecular formula is C17H14F3NO4. The predicted octanol–water partition coefficient (Wildman–Crippen LogP) is 3.68. The van der Waals surface area contributed by atoms with Gasteiger partial charge in [0.15, 0.2) is 0 Å². The lowest BCUT2D eigenvalue weighted by atomic mass is 10.1. The van der Waals surface area contributed by atoms with Crippen molar-refractivity contribution >= 4 is 17.6 Å². The Kier molecular flexibility index (Phi) is 5.31. The summed E-state index contributed by atoms with van der Waals surface area (Å²) in [7, 11) is 0. The van der Waals surface area contributed by atoms with Crippen LogP contribution in [0.1, 0.15) is 27.9 Å². The number of amides is 1. The van der Waals surface area contributed by atoms with Crippen LogP contribution in [0.25, 0.3) is 0 Å². The molecule has 3 N–H and O–H groups in total. The summed E-state index contributed by atoms with van der Waals surface area (Å²) < 4.78 is 37.9. The van der Waals surface area contributed by atoms with Crippen molar-refractivity contribution in [3.63, 3.8) is 0 Å². The van der Waals surface area contributed by atoms with Gasteiger partial charge in [-0.25, -0.2) is 4.79 Å². The zero-order valence-electron chi connectivity index (χ0n) is 12.8. The van der Waals surface area contributed by atoms with E-state index in [4.69, 9.17) is 5.11 Å². The van der Waals surface area contributed by atoms with E-state index in [-0.39, 0.29) is 24.1 Å². The molecule has 0 radical (unpaired) electrons. The van der Waals surface area contributed by atoms with Crippen molar-refractivity contribution in [1.82, 2.24) is 0 Å². The molecule has 0 saturated carbocycles. The number of carboxylic acids is 1. The van der Waals surface area contributed by atoms with Gasteiger partial charge in [0, 0.05) is 12.1 Å². The number of aryl methyl sites for hydroxylation is 1. The van der Waals surface area contributed by atoms with E-state index in [0.29, 0.717) is 5.56 Å². The average Bonchev–Trinajstić information content (AvgIpc) is 2.54. The maximum absolute atomic E-state index is 12.6. The Morgan fingerprint density at radius 1 is 1.08 bits per heavy atom. The lowest BCUT2D eigenvalue weighted by Crippen LogP contribution is -2.13. The van der Waals surface area contributed by atoms with E-state index in [9.17, 15) is 27.9 Å². The lowest BCUT2D eigenvalue weighted by molar-refractivity contribution is -0.137. The van der Waals surface area contributed by atoms with E-state index in [1.165, 1.54) is 18.2 Å². The summed E-state index contributed by atoms with van der Waals surface area (Å²) in [6.07, 6.45) is -4.43. The zero-order chi connectivity index (χ0) is 18.6. The molecule has 1 amide bonds. The lowest BCUT2D eigenvalue weighted by Gasteiger charge is -2.09. The van der Waals surface area contributed by atoms with Gasteiger partial charge in [-0.2, -0.15) is 13.2 Å². The van der Waals surface area contributed by atoms with Gasteiger partial charge < -0.3 is 15.5 Å². The summed E-state index contributed by atoms with van der Waals surface area (Å²) in [4.78, 5) is 22.8. The number of phenols is 1. The fourth-order valence-electron chi connectivity index (χ4n) is 2.17. The number of hydrogen-bond acceptors (Lipinski definition) is 3. The molecule has 0 aromatic heterocycles. The first kappa shape index (κ1) is 18.3. The standard InChI is InChI=1S/C17H14F3NO4/c18-17(19,20)11-3-1-2-10(8-11)4-7-15(23)21-12-5-6-14(22)13(9-12)16(24)25/h1-3,5-6,8-9,22H,4,7H2,(H,21,23)(H,24,25). The topological polar surface area (TPSA) is 86.6 Å². The second-order valence-electron chi connectivity index (χ2n) is 5.28. The molecule has 0 fully saturated rings. The van der Waals surface area contributed by atoms with E-state index >= 15 is 0 Å². The van der Waals surface area contributed by atoms with Crippen molar-refractivity contribution in [3.8, 4) is 5.75 Å². The van der Waals surface area contributed by atoms with Gasteiger partial charge in [0.2, 0.25) is 5.91 Å².